The van der Waals surface area contributed by atoms with Crippen LogP contribution in [0.3, 0.4) is 0 Å². The van der Waals surface area contributed by atoms with Gasteiger partial charge in [-0.1, -0.05) is 74.0 Å². The third-order valence-electron chi connectivity index (χ3n) is 4.60. The van der Waals surface area contributed by atoms with Gasteiger partial charge >= 0.3 is 23.9 Å². The Morgan fingerprint density at radius 1 is 0.727 bits per heavy atom. The molecule has 2 rings (SSSR count). The van der Waals surface area contributed by atoms with Crippen molar-refractivity contribution in [3.05, 3.63) is 83.1 Å². The molecule has 0 aliphatic rings. The number of carbonyl (C=O) groups excluding carboxylic acids is 1. The number of alkyl halides is 9. The van der Waals surface area contributed by atoms with E-state index in [1.54, 1.807) is 36.4 Å². The summed E-state index contributed by atoms with van der Waals surface area (Å²) in [4.78, 5) is 12.3. The molecule has 0 aliphatic carbocycles. The Bertz CT molecular complexity index is 991. The summed E-state index contributed by atoms with van der Waals surface area (Å²) in [7, 11) is 0. The van der Waals surface area contributed by atoms with Crippen LogP contribution in [0, 0.1) is 0 Å². The van der Waals surface area contributed by atoms with Gasteiger partial charge < -0.3 is 0 Å². The number of carbonyl (C=O) groups is 1. The lowest BCUT2D eigenvalue weighted by molar-refractivity contribution is -0.388. The molecular weight excluding hydrogens is 463 g/mol. The van der Waals surface area contributed by atoms with Crippen molar-refractivity contribution in [1.29, 1.82) is 0 Å². The van der Waals surface area contributed by atoms with Crippen LogP contribution in [-0.2, 0) is 4.79 Å². The Morgan fingerprint density at radius 3 is 1.52 bits per heavy atom. The van der Waals surface area contributed by atoms with Gasteiger partial charge in [-0.3, -0.25) is 4.79 Å². The van der Waals surface area contributed by atoms with Crippen molar-refractivity contribution >= 4 is 11.4 Å². The second kappa shape index (κ2) is 9.47. The summed E-state index contributed by atoms with van der Waals surface area (Å²) < 4.78 is 120. The Balaban J connectivity index is 2.77. The Morgan fingerprint density at radius 2 is 1.15 bits per heavy atom. The monoisotopic (exact) mass is 480 g/mol. The quantitative estimate of drug-likeness (QED) is 0.218. The number of Topliss-reactive ketones (excluding diaryl/α,β-unsaturated/α-hetero) is 1. The van der Waals surface area contributed by atoms with Gasteiger partial charge in [0.15, 0.2) is 0 Å². The van der Waals surface area contributed by atoms with E-state index in [0.717, 1.165) is 0 Å². The zero-order valence-electron chi connectivity index (χ0n) is 17.0. The molecule has 178 valence electrons. The van der Waals surface area contributed by atoms with E-state index in [4.69, 9.17) is 0 Å². The summed E-state index contributed by atoms with van der Waals surface area (Å²) in [5.74, 6) is -23.4. The molecule has 0 atom stereocenters. The topological polar surface area (TPSA) is 17.1 Å². The largest absolute Gasteiger partial charge is 0.460 e. The summed E-state index contributed by atoms with van der Waals surface area (Å²) >= 11 is 0. The van der Waals surface area contributed by atoms with Gasteiger partial charge in [0.05, 0.1) is 0 Å². The second-order valence-corrected chi connectivity index (χ2v) is 7.01. The first-order valence-electron chi connectivity index (χ1n) is 9.54. The van der Waals surface area contributed by atoms with Crippen LogP contribution in [0.2, 0.25) is 0 Å². The number of ketones is 1. The molecule has 0 N–H and O–H groups in total. The summed E-state index contributed by atoms with van der Waals surface area (Å²) in [6.07, 6.45) is -7.71. The van der Waals surface area contributed by atoms with E-state index < -0.39 is 41.7 Å². The molecule has 0 saturated heterocycles. The van der Waals surface area contributed by atoms with Crippen molar-refractivity contribution in [3.63, 3.8) is 0 Å². The molecule has 0 heterocycles. The first kappa shape index (κ1) is 26.3. The fraction of sp³-hybridized carbons (Fsp3) is 0.304. The maximum absolute atomic E-state index is 14.3. The van der Waals surface area contributed by atoms with E-state index in [9.17, 15) is 44.3 Å². The number of rotatable bonds is 8. The second-order valence-electron chi connectivity index (χ2n) is 7.01. The SMILES string of the molecule is CCCC(=C=C(c1ccccc1)c1ccccc1)C(=O)C(F)(F)C(F)(F)C(F)(F)C(F)(F)F. The Labute approximate surface area is 183 Å². The third-order valence-corrected chi connectivity index (χ3v) is 4.60. The van der Waals surface area contributed by atoms with Gasteiger partial charge in [-0.25, -0.2) is 0 Å². The van der Waals surface area contributed by atoms with Crippen LogP contribution in [0.15, 0.2) is 72.0 Å². The highest BCUT2D eigenvalue weighted by molar-refractivity contribution is 6.02. The van der Waals surface area contributed by atoms with Crippen LogP contribution < -0.4 is 0 Å². The van der Waals surface area contributed by atoms with Crippen LogP contribution >= 0.6 is 0 Å². The number of allylic oxidation sites excluding steroid dienone is 1. The molecule has 0 spiro atoms. The van der Waals surface area contributed by atoms with Crippen LogP contribution in [0.4, 0.5) is 39.5 Å². The van der Waals surface area contributed by atoms with E-state index in [0.29, 0.717) is 11.1 Å². The maximum atomic E-state index is 14.3. The summed E-state index contributed by atoms with van der Waals surface area (Å²) in [6, 6.07) is 15.4. The lowest BCUT2D eigenvalue weighted by Crippen LogP contribution is -2.63. The predicted molar refractivity (Wildman–Crippen MR) is 103 cm³/mol. The molecule has 2 aromatic carbocycles. The first-order chi connectivity index (χ1) is 15.2. The van der Waals surface area contributed by atoms with Crippen molar-refractivity contribution in [2.45, 2.75) is 43.7 Å². The fourth-order valence-corrected chi connectivity index (χ4v) is 2.86. The molecule has 0 unspecified atom stereocenters. The molecule has 2 aromatic rings. The highest BCUT2D eigenvalue weighted by atomic mass is 19.4. The van der Waals surface area contributed by atoms with Crippen LogP contribution in [0.25, 0.3) is 5.57 Å². The van der Waals surface area contributed by atoms with Gasteiger partial charge in [-0.15, -0.1) is 5.73 Å². The van der Waals surface area contributed by atoms with Crippen molar-refractivity contribution < 1.29 is 44.3 Å². The third kappa shape index (κ3) is 5.00. The molecule has 0 radical (unpaired) electrons. The zero-order chi connectivity index (χ0) is 25.1. The van der Waals surface area contributed by atoms with Gasteiger partial charge in [0.25, 0.3) is 0 Å². The van der Waals surface area contributed by atoms with Crippen LogP contribution in [0.1, 0.15) is 30.9 Å². The molecular formula is C23H17F9O. The van der Waals surface area contributed by atoms with Gasteiger partial charge in [-0.2, -0.15) is 39.5 Å². The first-order valence-corrected chi connectivity index (χ1v) is 9.54. The Kier molecular flexibility index (Phi) is 7.53. The molecule has 33 heavy (non-hydrogen) atoms. The van der Waals surface area contributed by atoms with Gasteiger partial charge in [0, 0.05) is 11.1 Å². The number of hydrogen-bond donors (Lipinski definition) is 0. The standard InChI is InChI=1S/C23H17F9O/c1-2-9-17(19(33)20(24,25)21(26,27)22(28,29)23(30,31)32)14-18(15-10-5-3-6-11-15)16-12-7-4-8-13-16/h3-8,10-13H,2,9H2,1H3. The predicted octanol–water partition coefficient (Wildman–Crippen LogP) is 7.48. The van der Waals surface area contributed by atoms with Gasteiger partial charge in [-0.05, 0) is 17.5 Å². The molecule has 10 heteroatoms. The van der Waals surface area contributed by atoms with Crippen LogP contribution in [0.5, 0.6) is 0 Å². The average molecular weight is 480 g/mol. The lowest BCUT2D eigenvalue weighted by atomic mass is 9.91. The van der Waals surface area contributed by atoms with E-state index in [1.165, 1.54) is 31.2 Å². The maximum Gasteiger partial charge on any atom is 0.460 e. The lowest BCUT2D eigenvalue weighted by Gasteiger charge is -2.32. The molecule has 0 aromatic heterocycles. The van der Waals surface area contributed by atoms with Gasteiger partial charge in [0.1, 0.15) is 0 Å². The summed E-state index contributed by atoms with van der Waals surface area (Å²) in [6.45, 7) is 1.38. The summed E-state index contributed by atoms with van der Waals surface area (Å²) in [5.41, 5.74) is 1.80. The van der Waals surface area contributed by atoms with Crippen molar-refractivity contribution in [1.82, 2.24) is 0 Å². The number of halogens is 9. The van der Waals surface area contributed by atoms with E-state index >= 15 is 0 Å². The molecule has 0 saturated carbocycles. The van der Waals surface area contributed by atoms with Crippen molar-refractivity contribution in [2.24, 2.45) is 0 Å². The molecule has 1 nitrogen and oxygen atoms in total. The molecule has 0 amide bonds. The zero-order valence-corrected chi connectivity index (χ0v) is 17.0. The van der Waals surface area contributed by atoms with Crippen molar-refractivity contribution in [2.75, 3.05) is 0 Å². The van der Waals surface area contributed by atoms with Gasteiger partial charge in [0.2, 0.25) is 5.78 Å². The molecule has 0 bridgehead atoms. The smallest absolute Gasteiger partial charge is 0.287 e. The highest BCUT2D eigenvalue weighted by Gasteiger charge is 2.83. The minimum Gasteiger partial charge on any atom is -0.287 e. The fourth-order valence-electron chi connectivity index (χ4n) is 2.86. The van der Waals surface area contributed by atoms with E-state index in [1.807, 2.05) is 0 Å². The molecule has 0 aliphatic heterocycles. The molecule has 0 fully saturated rings. The normalized spacial score (nSPS) is 12.8. The van der Waals surface area contributed by atoms with E-state index in [-0.39, 0.29) is 12.0 Å². The highest BCUT2D eigenvalue weighted by Crippen LogP contribution is 2.53. The van der Waals surface area contributed by atoms with E-state index in [2.05, 4.69) is 5.73 Å². The van der Waals surface area contributed by atoms with Crippen LogP contribution in [-0.4, -0.2) is 29.7 Å². The minimum atomic E-state index is -7.15. The average Bonchev–Trinajstić information content (AvgIpc) is 2.76. The number of hydrogen-bond acceptors (Lipinski definition) is 1. The number of benzene rings is 2. The van der Waals surface area contributed by atoms with Crippen molar-refractivity contribution in [3.8, 4) is 0 Å². The minimum absolute atomic E-state index is 0.00491. The Hall–Kier alpha value is -3.00. The summed E-state index contributed by atoms with van der Waals surface area (Å²) in [5, 5.41) is 0.